The van der Waals surface area contributed by atoms with Crippen LogP contribution in [0.2, 0.25) is 0 Å². The number of urea groups is 1. The molecule has 1 saturated heterocycles. The average molecular weight is 256 g/mol. The molecule has 102 valence electrons. The van der Waals surface area contributed by atoms with Crippen LogP contribution in [0.5, 0.6) is 0 Å². The second kappa shape index (κ2) is 4.76. The van der Waals surface area contributed by atoms with Crippen LogP contribution in [-0.2, 0) is 4.79 Å². The molecule has 2 fully saturated rings. The van der Waals surface area contributed by atoms with Gasteiger partial charge in [0.05, 0.1) is 11.5 Å². The number of nitrogens with zero attached hydrogens (tertiary/aromatic N) is 1. The summed E-state index contributed by atoms with van der Waals surface area (Å²) in [7, 11) is 0. The van der Waals surface area contributed by atoms with E-state index in [2.05, 4.69) is 5.32 Å². The summed E-state index contributed by atoms with van der Waals surface area (Å²) in [4.78, 5) is 24.5. The predicted octanol–water partition coefficient (Wildman–Crippen LogP) is 0.263. The molecule has 2 amide bonds. The normalized spacial score (nSPS) is 29.8. The van der Waals surface area contributed by atoms with Crippen molar-refractivity contribution in [2.75, 3.05) is 19.6 Å². The molecule has 0 bridgehead atoms. The van der Waals surface area contributed by atoms with E-state index in [4.69, 9.17) is 5.11 Å². The van der Waals surface area contributed by atoms with Crippen molar-refractivity contribution in [3.8, 4) is 0 Å². The summed E-state index contributed by atoms with van der Waals surface area (Å²) in [5.74, 6) is -0.760. The first-order valence-electron chi connectivity index (χ1n) is 6.39. The Morgan fingerprint density at radius 2 is 2.11 bits per heavy atom. The van der Waals surface area contributed by atoms with Crippen LogP contribution < -0.4 is 5.32 Å². The highest BCUT2D eigenvalue weighted by atomic mass is 16.4. The first-order valence-corrected chi connectivity index (χ1v) is 6.39. The van der Waals surface area contributed by atoms with Gasteiger partial charge in [0.1, 0.15) is 0 Å². The molecule has 1 aliphatic carbocycles. The zero-order chi connectivity index (χ0) is 13.3. The third-order valence-electron chi connectivity index (χ3n) is 4.03. The van der Waals surface area contributed by atoms with Gasteiger partial charge in [-0.2, -0.15) is 0 Å². The predicted molar refractivity (Wildman–Crippen MR) is 64.1 cm³/mol. The first-order chi connectivity index (χ1) is 8.44. The summed E-state index contributed by atoms with van der Waals surface area (Å²) in [6.07, 6.45) is 1.51. The van der Waals surface area contributed by atoms with Crippen molar-refractivity contribution >= 4 is 12.0 Å². The number of carbonyl (C=O) groups is 2. The van der Waals surface area contributed by atoms with E-state index >= 15 is 0 Å². The molecule has 0 radical (unpaired) electrons. The van der Waals surface area contributed by atoms with E-state index in [1.54, 1.807) is 4.90 Å². The molecule has 3 N–H and O–H groups in total. The van der Waals surface area contributed by atoms with Gasteiger partial charge in [0.25, 0.3) is 0 Å². The Balaban J connectivity index is 1.80. The summed E-state index contributed by atoms with van der Waals surface area (Å²) in [6, 6.07) is -0.221. The minimum atomic E-state index is -0.828. The van der Waals surface area contributed by atoms with Crippen LogP contribution in [0.4, 0.5) is 4.79 Å². The number of aliphatic carboxylic acids is 1. The Kier molecular flexibility index (Phi) is 3.47. The fraction of sp³-hybridized carbons (Fsp3) is 0.833. The van der Waals surface area contributed by atoms with Gasteiger partial charge >= 0.3 is 12.0 Å². The van der Waals surface area contributed by atoms with Gasteiger partial charge in [-0.1, -0.05) is 6.92 Å². The molecule has 1 aliphatic heterocycles. The molecule has 18 heavy (non-hydrogen) atoms. The number of aliphatic hydroxyl groups is 1. The fourth-order valence-corrected chi connectivity index (χ4v) is 2.29. The number of carbonyl (C=O) groups excluding carboxylic acids is 1. The van der Waals surface area contributed by atoms with Crippen LogP contribution >= 0.6 is 0 Å². The lowest BCUT2D eigenvalue weighted by Crippen LogP contribution is -2.50. The lowest BCUT2D eigenvalue weighted by atomic mass is 9.97. The van der Waals surface area contributed by atoms with Gasteiger partial charge in [-0.15, -0.1) is 0 Å². The minimum absolute atomic E-state index is 0.0684. The summed E-state index contributed by atoms with van der Waals surface area (Å²) in [6.45, 7) is 3.16. The molecule has 0 aromatic heterocycles. The van der Waals surface area contributed by atoms with Gasteiger partial charge in [-0.25, -0.2) is 4.79 Å². The number of piperidine rings is 1. The average Bonchev–Trinajstić information content (AvgIpc) is 3.11. The van der Waals surface area contributed by atoms with Crippen LogP contribution in [-0.4, -0.2) is 52.9 Å². The maximum Gasteiger partial charge on any atom is 0.317 e. The number of aliphatic hydroxyl groups excluding tert-OH is 1. The smallest absolute Gasteiger partial charge is 0.317 e. The van der Waals surface area contributed by atoms with E-state index in [-0.39, 0.29) is 24.6 Å². The van der Waals surface area contributed by atoms with Crippen LogP contribution in [0, 0.1) is 11.3 Å². The largest absolute Gasteiger partial charge is 0.481 e. The molecule has 0 aromatic carbocycles. The van der Waals surface area contributed by atoms with Crippen molar-refractivity contribution in [2.24, 2.45) is 11.3 Å². The van der Waals surface area contributed by atoms with E-state index in [1.165, 1.54) is 0 Å². The number of nitrogens with one attached hydrogen (secondary N) is 1. The van der Waals surface area contributed by atoms with Crippen LogP contribution in [0.15, 0.2) is 0 Å². The number of hydrogen-bond donors (Lipinski definition) is 3. The van der Waals surface area contributed by atoms with Gasteiger partial charge < -0.3 is 20.4 Å². The lowest BCUT2D eigenvalue weighted by Gasteiger charge is -2.34. The molecule has 2 unspecified atom stereocenters. The third kappa shape index (κ3) is 2.58. The zero-order valence-electron chi connectivity index (χ0n) is 10.6. The number of hydrogen-bond acceptors (Lipinski definition) is 3. The zero-order valence-corrected chi connectivity index (χ0v) is 10.6. The summed E-state index contributed by atoms with van der Waals surface area (Å²) in [5, 5.41) is 21.3. The molecular formula is C12H20N2O4. The third-order valence-corrected chi connectivity index (χ3v) is 4.03. The Labute approximate surface area is 106 Å². The summed E-state index contributed by atoms with van der Waals surface area (Å²) < 4.78 is 0. The number of rotatable bonds is 3. The van der Waals surface area contributed by atoms with Gasteiger partial charge in [-0.3, -0.25) is 4.79 Å². The molecule has 6 heteroatoms. The number of carboxylic acids is 1. The second-order valence-electron chi connectivity index (χ2n) is 5.52. The highest BCUT2D eigenvalue weighted by Gasteiger charge is 2.50. The maximum absolute atomic E-state index is 11.9. The fourth-order valence-electron chi connectivity index (χ4n) is 2.29. The molecule has 2 rings (SSSR count). The minimum Gasteiger partial charge on any atom is -0.481 e. The van der Waals surface area contributed by atoms with Crippen molar-refractivity contribution in [1.82, 2.24) is 10.2 Å². The second-order valence-corrected chi connectivity index (χ2v) is 5.52. The molecule has 1 heterocycles. The highest BCUT2D eigenvalue weighted by molar-refractivity contribution is 5.80. The molecule has 1 saturated carbocycles. The van der Waals surface area contributed by atoms with Crippen LogP contribution in [0.1, 0.15) is 26.2 Å². The van der Waals surface area contributed by atoms with E-state index in [0.29, 0.717) is 32.4 Å². The molecular weight excluding hydrogens is 236 g/mol. The van der Waals surface area contributed by atoms with Gasteiger partial charge in [0.2, 0.25) is 0 Å². The van der Waals surface area contributed by atoms with Crippen LogP contribution in [0.3, 0.4) is 0 Å². The van der Waals surface area contributed by atoms with Gasteiger partial charge in [0.15, 0.2) is 0 Å². The van der Waals surface area contributed by atoms with Crippen molar-refractivity contribution in [3.63, 3.8) is 0 Å². The lowest BCUT2D eigenvalue weighted by molar-refractivity contribution is -0.143. The van der Waals surface area contributed by atoms with Crippen molar-refractivity contribution in [3.05, 3.63) is 0 Å². The molecule has 2 atom stereocenters. The Morgan fingerprint density at radius 3 is 2.61 bits per heavy atom. The number of amides is 2. The van der Waals surface area contributed by atoms with E-state index in [9.17, 15) is 14.7 Å². The molecule has 2 aliphatic rings. The Bertz CT molecular complexity index is 354. The molecule has 0 spiro atoms. The van der Waals surface area contributed by atoms with E-state index in [0.717, 1.165) is 0 Å². The Hall–Kier alpha value is -1.30. The first kappa shape index (κ1) is 13.1. The maximum atomic E-state index is 11.9. The highest BCUT2D eigenvalue weighted by Crippen LogP contribution is 2.45. The van der Waals surface area contributed by atoms with Crippen molar-refractivity contribution < 1.29 is 19.8 Å². The van der Waals surface area contributed by atoms with Crippen molar-refractivity contribution in [1.29, 1.82) is 0 Å². The van der Waals surface area contributed by atoms with Crippen molar-refractivity contribution in [2.45, 2.75) is 32.3 Å². The topological polar surface area (TPSA) is 89.9 Å². The van der Waals surface area contributed by atoms with Gasteiger partial charge in [0, 0.05) is 19.6 Å². The van der Waals surface area contributed by atoms with Crippen LogP contribution in [0.25, 0.3) is 0 Å². The molecule has 0 aromatic rings. The monoisotopic (exact) mass is 256 g/mol. The molecule has 6 nitrogen and oxygen atoms in total. The Morgan fingerprint density at radius 1 is 1.44 bits per heavy atom. The SMILES string of the molecule is CC1CN(C(=O)NCC2(C(=O)O)CC2)CCC1O. The standard InChI is InChI=1S/C12H20N2O4/c1-8-6-14(5-2-9(8)15)11(18)13-7-12(3-4-12)10(16)17/h8-9,15H,2-7H2,1H3,(H,13,18)(H,16,17). The van der Waals surface area contributed by atoms with E-state index < -0.39 is 11.4 Å². The van der Waals surface area contributed by atoms with Gasteiger partial charge in [-0.05, 0) is 25.2 Å². The summed E-state index contributed by atoms with van der Waals surface area (Å²) >= 11 is 0. The van der Waals surface area contributed by atoms with E-state index in [1.807, 2.05) is 6.92 Å². The number of likely N-dealkylation sites (tertiary alicyclic amines) is 1. The quantitative estimate of drug-likeness (QED) is 0.676. The summed E-state index contributed by atoms with van der Waals surface area (Å²) in [5.41, 5.74) is -0.726. The number of carboxylic acid groups (broad SMARTS) is 1.